The van der Waals surface area contributed by atoms with Gasteiger partial charge < -0.3 is 4.90 Å². The Morgan fingerprint density at radius 3 is 2.71 bits per heavy atom. The molecular weight excluding hydrogens is 170 g/mol. The summed E-state index contributed by atoms with van der Waals surface area (Å²) in [5, 5.41) is 0. The number of hydrogen-bond donors (Lipinski definition) is 0. The van der Waals surface area contributed by atoms with Crippen LogP contribution in [0.2, 0.25) is 0 Å². The van der Waals surface area contributed by atoms with Gasteiger partial charge in [-0.15, -0.1) is 0 Å². The summed E-state index contributed by atoms with van der Waals surface area (Å²) in [4.78, 5) is 2.50. The van der Waals surface area contributed by atoms with Crippen molar-refractivity contribution >= 4 is 5.69 Å². The molecule has 0 unspecified atom stereocenters. The van der Waals surface area contributed by atoms with Gasteiger partial charge in [-0.25, -0.2) is 0 Å². The molecule has 0 spiro atoms. The van der Waals surface area contributed by atoms with Gasteiger partial charge in [-0.3, -0.25) is 0 Å². The molecule has 1 aliphatic rings. The van der Waals surface area contributed by atoms with Crippen molar-refractivity contribution in [2.75, 3.05) is 18.0 Å². The summed E-state index contributed by atoms with van der Waals surface area (Å²) in [5.74, 6) is 0. The van der Waals surface area contributed by atoms with E-state index < -0.39 is 0 Å². The zero-order valence-electron chi connectivity index (χ0n) is 9.00. The van der Waals surface area contributed by atoms with Crippen LogP contribution in [-0.4, -0.2) is 13.1 Å². The van der Waals surface area contributed by atoms with E-state index >= 15 is 0 Å². The van der Waals surface area contributed by atoms with Crippen LogP contribution in [0, 0.1) is 0 Å². The SMILES string of the molecule is CCCc1cccc(N2CCCC2)c1. The topological polar surface area (TPSA) is 3.24 Å². The van der Waals surface area contributed by atoms with Gasteiger partial charge in [0.2, 0.25) is 0 Å². The van der Waals surface area contributed by atoms with Crippen molar-refractivity contribution in [3.8, 4) is 0 Å². The normalized spacial score (nSPS) is 16.2. The third-order valence-electron chi connectivity index (χ3n) is 2.92. The molecule has 1 aromatic rings. The van der Waals surface area contributed by atoms with E-state index in [4.69, 9.17) is 0 Å². The molecule has 1 aliphatic heterocycles. The van der Waals surface area contributed by atoms with Crippen LogP contribution in [0.4, 0.5) is 5.69 Å². The fourth-order valence-corrected chi connectivity index (χ4v) is 2.17. The Hall–Kier alpha value is -0.980. The molecule has 1 heteroatoms. The number of hydrogen-bond acceptors (Lipinski definition) is 1. The highest BCUT2D eigenvalue weighted by atomic mass is 15.1. The molecule has 2 rings (SSSR count). The smallest absolute Gasteiger partial charge is 0.0368 e. The van der Waals surface area contributed by atoms with Crippen LogP contribution in [0.3, 0.4) is 0 Å². The van der Waals surface area contributed by atoms with Gasteiger partial charge in [0, 0.05) is 18.8 Å². The zero-order chi connectivity index (χ0) is 9.80. The third kappa shape index (κ3) is 2.09. The minimum atomic E-state index is 1.21. The monoisotopic (exact) mass is 189 g/mol. The maximum absolute atomic E-state index is 2.50. The van der Waals surface area contributed by atoms with Gasteiger partial charge in [-0.2, -0.15) is 0 Å². The average molecular weight is 189 g/mol. The maximum atomic E-state index is 2.50. The second kappa shape index (κ2) is 4.50. The van der Waals surface area contributed by atoms with Crippen LogP contribution in [0.15, 0.2) is 24.3 Å². The molecule has 1 aromatic carbocycles. The van der Waals surface area contributed by atoms with E-state index in [0.717, 1.165) is 0 Å². The first-order valence-electron chi connectivity index (χ1n) is 5.74. The first kappa shape index (κ1) is 9.57. The lowest BCUT2D eigenvalue weighted by Gasteiger charge is -2.18. The van der Waals surface area contributed by atoms with Crippen LogP contribution in [0.25, 0.3) is 0 Å². The molecule has 0 aromatic heterocycles. The maximum Gasteiger partial charge on any atom is 0.0368 e. The number of aryl methyl sites for hydroxylation is 1. The van der Waals surface area contributed by atoms with Crippen molar-refractivity contribution in [3.63, 3.8) is 0 Å². The van der Waals surface area contributed by atoms with E-state index in [2.05, 4.69) is 36.1 Å². The Morgan fingerprint density at radius 1 is 1.21 bits per heavy atom. The van der Waals surface area contributed by atoms with Gasteiger partial charge in [0.05, 0.1) is 0 Å². The first-order valence-corrected chi connectivity index (χ1v) is 5.74. The molecule has 76 valence electrons. The Morgan fingerprint density at radius 2 is 2.00 bits per heavy atom. The highest BCUT2D eigenvalue weighted by molar-refractivity contribution is 5.49. The van der Waals surface area contributed by atoms with Crippen LogP contribution >= 0.6 is 0 Å². The summed E-state index contributed by atoms with van der Waals surface area (Å²) >= 11 is 0. The van der Waals surface area contributed by atoms with Gasteiger partial charge in [0.25, 0.3) is 0 Å². The Bertz CT molecular complexity index is 287. The van der Waals surface area contributed by atoms with Gasteiger partial charge in [-0.05, 0) is 37.0 Å². The standard InChI is InChI=1S/C13H19N/c1-2-6-12-7-5-8-13(11-12)14-9-3-4-10-14/h5,7-8,11H,2-4,6,9-10H2,1H3. The highest BCUT2D eigenvalue weighted by Gasteiger charge is 2.11. The predicted molar refractivity (Wildman–Crippen MR) is 61.9 cm³/mol. The minimum Gasteiger partial charge on any atom is -0.372 e. The minimum absolute atomic E-state index is 1.21. The summed E-state index contributed by atoms with van der Waals surface area (Å²) in [7, 11) is 0. The Balaban J connectivity index is 2.12. The Labute approximate surface area is 86.7 Å². The van der Waals surface area contributed by atoms with Crippen molar-refractivity contribution in [2.24, 2.45) is 0 Å². The zero-order valence-corrected chi connectivity index (χ0v) is 9.00. The molecule has 0 N–H and O–H groups in total. The lowest BCUT2D eigenvalue weighted by atomic mass is 10.1. The highest BCUT2D eigenvalue weighted by Crippen LogP contribution is 2.21. The molecule has 0 saturated carbocycles. The predicted octanol–water partition coefficient (Wildman–Crippen LogP) is 3.24. The fraction of sp³-hybridized carbons (Fsp3) is 0.538. The molecule has 1 heterocycles. The molecule has 1 nitrogen and oxygen atoms in total. The second-order valence-electron chi connectivity index (χ2n) is 4.11. The molecule has 0 atom stereocenters. The van der Waals surface area contributed by atoms with Crippen LogP contribution < -0.4 is 4.90 Å². The lowest BCUT2D eigenvalue weighted by molar-refractivity contribution is 0.913. The second-order valence-corrected chi connectivity index (χ2v) is 4.11. The van der Waals surface area contributed by atoms with Crippen molar-refractivity contribution in [3.05, 3.63) is 29.8 Å². The van der Waals surface area contributed by atoms with Gasteiger partial charge in [0.1, 0.15) is 0 Å². The molecule has 14 heavy (non-hydrogen) atoms. The Kier molecular flexibility index (Phi) is 3.07. The largest absolute Gasteiger partial charge is 0.372 e. The van der Waals surface area contributed by atoms with E-state index in [-0.39, 0.29) is 0 Å². The number of rotatable bonds is 3. The molecular formula is C13H19N. The summed E-state index contributed by atoms with van der Waals surface area (Å²) in [5.41, 5.74) is 2.91. The van der Waals surface area contributed by atoms with E-state index in [1.54, 1.807) is 0 Å². The molecule has 0 amide bonds. The number of nitrogens with zero attached hydrogens (tertiary/aromatic N) is 1. The average Bonchev–Trinajstić information content (AvgIpc) is 2.71. The van der Waals surface area contributed by atoms with Crippen LogP contribution in [0.1, 0.15) is 31.7 Å². The first-order chi connectivity index (χ1) is 6.90. The quantitative estimate of drug-likeness (QED) is 0.705. The van der Waals surface area contributed by atoms with Crippen molar-refractivity contribution in [1.29, 1.82) is 0 Å². The van der Waals surface area contributed by atoms with E-state index in [1.807, 2.05) is 0 Å². The number of benzene rings is 1. The van der Waals surface area contributed by atoms with Crippen LogP contribution in [-0.2, 0) is 6.42 Å². The summed E-state index contributed by atoms with van der Waals surface area (Å²) < 4.78 is 0. The third-order valence-corrected chi connectivity index (χ3v) is 2.92. The molecule has 1 fully saturated rings. The lowest BCUT2D eigenvalue weighted by Crippen LogP contribution is -2.17. The summed E-state index contributed by atoms with van der Waals surface area (Å²) in [6, 6.07) is 9.03. The number of anilines is 1. The fourth-order valence-electron chi connectivity index (χ4n) is 2.17. The van der Waals surface area contributed by atoms with Crippen molar-refractivity contribution in [1.82, 2.24) is 0 Å². The van der Waals surface area contributed by atoms with Gasteiger partial charge in [0.15, 0.2) is 0 Å². The van der Waals surface area contributed by atoms with Crippen molar-refractivity contribution < 1.29 is 0 Å². The molecule has 1 saturated heterocycles. The summed E-state index contributed by atoms with van der Waals surface area (Å²) in [6.45, 7) is 4.73. The van der Waals surface area contributed by atoms with Crippen molar-refractivity contribution in [2.45, 2.75) is 32.6 Å². The van der Waals surface area contributed by atoms with E-state index in [1.165, 1.54) is 50.0 Å². The van der Waals surface area contributed by atoms with E-state index in [0.29, 0.717) is 0 Å². The molecule has 0 aliphatic carbocycles. The molecule has 0 bridgehead atoms. The van der Waals surface area contributed by atoms with Gasteiger partial charge in [-0.1, -0.05) is 25.5 Å². The van der Waals surface area contributed by atoms with E-state index in [9.17, 15) is 0 Å². The van der Waals surface area contributed by atoms with Gasteiger partial charge >= 0.3 is 0 Å². The molecule has 0 radical (unpaired) electrons. The summed E-state index contributed by atoms with van der Waals surface area (Å²) in [6.07, 6.45) is 5.17. The van der Waals surface area contributed by atoms with Crippen LogP contribution in [0.5, 0.6) is 0 Å².